The van der Waals surface area contributed by atoms with Gasteiger partial charge in [-0.3, -0.25) is 4.79 Å². The highest BCUT2D eigenvalue weighted by atomic mass is 32.2. The average Bonchev–Trinajstić information content (AvgIpc) is 2.77. The molecule has 2 aromatic carbocycles. The number of H-pyrrole nitrogens is 1. The topological polar surface area (TPSA) is 81.2 Å². The minimum absolute atomic E-state index is 0.152. The molecule has 0 amide bonds. The van der Waals surface area contributed by atoms with Crippen molar-refractivity contribution in [2.45, 2.75) is 0 Å². The fraction of sp³-hybridized carbons (Fsp3) is 0. The van der Waals surface area contributed by atoms with E-state index in [-0.39, 0.29) is 16.7 Å². The van der Waals surface area contributed by atoms with Crippen molar-refractivity contribution < 1.29 is 17.0 Å². The SMILES string of the molecule is O=c1[nH]n(S(=O)(=O)Oc2cccc(F)c2)c2ccccc12. The third-order valence-electron chi connectivity index (χ3n) is 2.79. The van der Waals surface area contributed by atoms with E-state index in [4.69, 9.17) is 4.18 Å². The lowest BCUT2D eigenvalue weighted by atomic mass is 10.3. The van der Waals surface area contributed by atoms with Crippen LogP contribution < -0.4 is 9.74 Å². The number of halogens is 1. The van der Waals surface area contributed by atoms with Crippen molar-refractivity contribution >= 4 is 21.2 Å². The highest BCUT2D eigenvalue weighted by molar-refractivity contribution is 7.85. The van der Waals surface area contributed by atoms with Crippen molar-refractivity contribution in [3.05, 3.63) is 64.7 Å². The molecule has 0 aliphatic heterocycles. The van der Waals surface area contributed by atoms with E-state index in [0.29, 0.717) is 4.09 Å². The Bertz CT molecular complexity index is 975. The summed E-state index contributed by atoms with van der Waals surface area (Å²) in [6.07, 6.45) is 0. The van der Waals surface area contributed by atoms with Crippen LogP contribution in [0.3, 0.4) is 0 Å². The van der Waals surface area contributed by atoms with Gasteiger partial charge in [-0.2, -0.15) is 8.42 Å². The maximum Gasteiger partial charge on any atom is 0.427 e. The normalized spacial score (nSPS) is 11.7. The summed E-state index contributed by atoms with van der Waals surface area (Å²) in [5.74, 6) is -0.817. The lowest BCUT2D eigenvalue weighted by Gasteiger charge is -2.08. The third-order valence-corrected chi connectivity index (χ3v) is 3.93. The summed E-state index contributed by atoms with van der Waals surface area (Å²) in [4.78, 5) is 11.7. The van der Waals surface area contributed by atoms with Crippen molar-refractivity contribution in [1.82, 2.24) is 9.19 Å². The molecule has 0 spiro atoms. The van der Waals surface area contributed by atoms with Crippen LogP contribution in [0.5, 0.6) is 5.75 Å². The molecular weight excluding hydrogens is 299 g/mol. The quantitative estimate of drug-likeness (QED) is 0.797. The van der Waals surface area contributed by atoms with Crippen LogP contribution in [0, 0.1) is 5.82 Å². The van der Waals surface area contributed by atoms with E-state index in [1.807, 2.05) is 0 Å². The van der Waals surface area contributed by atoms with Gasteiger partial charge >= 0.3 is 10.3 Å². The van der Waals surface area contributed by atoms with Crippen molar-refractivity contribution in [2.24, 2.45) is 0 Å². The van der Waals surface area contributed by atoms with Crippen molar-refractivity contribution in [3.8, 4) is 5.75 Å². The predicted octanol–water partition coefficient (Wildman–Crippen LogP) is 1.64. The summed E-state index contributed by atoms with van der Waals surface area (Å²) in [7, 11) is -4.34. The molecule has 0 bridgehead atoms. The number of fused-ring (bicyclic) bond motifs is 1. The van der Waals surface area contributed by atoms with E-state index in [9.17, 15) is 17.6 Å². The van der Waals surface area contributed by atoms with Gasteiger partial charge in [0.25, 0.3) is 5.56 Å². The standard InChI is InChI=1S/C13H9FN2O4S/c14-9-4-3-5-10(8-9)20-21(18,19)16-12-7-2-1-6-11(12)13(17)15-16/h1-8H,(H,15,17). The Balaban J connectivity index is 2.11. The number of nitrogens with one attached hydrogen (secondary N) is 1. The molecule has 0 radical (unpaired) electrons. The number of aromatic nitrogens is 2. The average molecular weight is 308 g/mol. The first-order valence-corrected chi connectivity index (χ1v) is 7.24. The second kappa shape index (κ2) is 4.74. The van der Waals surface area contributed by atoms with E-state index in [1.165, 1.54) is 24.3 Å². The molecule has 8 heteroatoms. The Morgan fingerprint density at radius 2 is 1.86 bits per heavy atom. The van der Waals surface area contributed by atoms with Gasteiger partial charge in [-0.15, -0.1) is 4.09 Å². The van der Waals surface area contributed by atoms with E-state index < -0.39 is 21.7 Å². The summed E-state index contributed by atoms with van der Waals surface area (Å²) in [6.45, 7) is 0. The van der Waals surface area contributed by atoms with Crippen LogP contribution in [0.25, 0.3) is 10.9 Å². The summed E-state index contributed by atoms with van der Waals surface area (Å²) in [6, 6.07) is 10.8. The summed E-state index contributed by atoms with van der Waals surface area (Å²) in [5.41, 5.74) is -0.407. The Kier molecular flexibility index (Phi) is 3.02. The van der Waals surface area contributed by atoms with Gasteiger partial charge in [-0.05, 0) is 24.3 Å². The number of hydrogen-bond donors (Lipinski definition) is 1. The van der Waals surface area contributed by atoms with Crippen molar-refractivity contribution in [2.75, 3.05) is 0 Å². The summed E-state index contributed by atoms with van der Waals surface area (Å²) in [5, 5.41) is 2.39. The molecular formula is C13H9FN2O4S. The lowest BCUT2D eigenvalue weighted by molar-refractivity contribution is 0.468. The van der Waals surface area contributed by atoms with Gasteiger partial charge in [0, 0.05) is 6.07 Å². The predicted molar refractivity (Wildman–Crippen MR) is 73.9 cm³/mol. The molecule has 3 rings (SSSR count). The molecule has 1 N–H and O–H groups in total. The molecule has 0 atom stereocenters. The zero-order chi connectivity index (χ0) is 15.0. The molecule has 108 valence electrons. The Labute approximate surface area is 118 Å². The summed E-state index contributed by atoms with van der Waals surface area (Å²) < 4.78 is 42.9. The van der Waals surface area contributed by atoms with Crippen LogP contribution in [-0.4, -0.2) is 17.6 Å². The third kappa shape index (κ3) is 2.40. The van der Waals surface area contributed by atoms with Crippen LogP contribution in [-0.2, 0) is 10.3 Å². The Morgan fingerprint density at radius 1 is 1.10 bits per heavy atom. The minimum atomic E-state index is -4.34. The molecule has 0 saturated carbocycles. The Hall–Kier alpha value is -2.61. The number of aromatic amines is 1. The molecule has 3 aromatic rings. The van der Waals surface area contributed by atoms with Gasteiger partial charge < -0.3 is 4.18 Å². The first-order chi connectivity index (χ1) is 9.97. The van der Waals surface area contributed by atoms with E-state index in [2.05, 4.69) is 5.10 Å². The molecule has 1 aromatic heterocycles. The van der Waals surface area contributed by atoms with Gasteiger partial charge in [-0.25, -0.2) is 9.49 Å². The Morgan fingerprint density at radius 3 is 2.62 bits per heavy atom. The van der Waals surface area contributed by atoms with Gasteiger partial charge in [0.05, 0.1) is 10.9 Å². The molecule has 0 aliphatic rings. The molecule has 0 unspecified atom stereocenters. The van der Waals surface area contributed by atoms with Crippen LogP contribution >= 0.6 is 0 Å². The first-order valence-electron chi connectivity index (χ1n) is 5.88. The molecule has 6 nitrogen and oxygen atoms in total. The number of hydrogen-bond acceptors (Lipinski definition) is 4. The molecule has 0 fully saturated rings. The summed E-state index contributed by atoms with van der Waals surface area (Å²) >= 11 is 0. The maximum absolute atomic E-state index is 13.1. The van der Waals surface area contributed by atoms with Gasteiger partial charge in [0.1, 0.15) is 11.6 Å². The zero-order valence-corrected chi connectivity index (χ0v) is 11.3. The molecule has 0 saturated heterocycles. The fourth-order valence-corrected chi connectivity index (χ4v) is 2.93. The van der Waals surface area contributed by atoms with E-state index in [1.54, 1.807) is 12.1 Å². The lowest BCUT2D eigenvalue weighted by Crippen LogP contribution is -2.21. The van der Waals surface area contributed by atoms with Crippen molar-refractivity contribution in [1.29, 1.82) is 0 Å². The van der Waals surface area contributed by atoms with Crippen molar-refractivity contribution in [3.63, 3.8) is 0 Å². The van der Waals surface area contributed by atoms with E-state index >= 15 is 0 Å². The largest absolute Gasteiger partial charge is 0.427 e. The van der Waals surface area contributed by atoms with Crippen LogP contribution in [0.15, 0.2) is 53.3 Å². The fourth-order valence-electron chi connectivity index (χ4n) is 1.91. The highest BCUT2D eigenvalue weighted by Crippen LogP contribution is 2.17. The first kappa shape index (κ1) is 13.4. The van der Waals surface area contributed by atoms with Crippen LogP contribution in [0.4, 0.5) is 4.39 Å². The molecule has 0 aliphatic carbocycles. The number of para-hydroxylation sites is 1. The second-order valence-electron chi connectivity index (χ2n) is 4.22. The van der Waals surface area contributed by atoms with Crippen LogP contribution in [0.1, 0.15) is 0 Å². The maximum atomic E-state index is 13.1. The smallest absolute Gasteiger partial charge is 0.365 e. The molecule has 21 heavy (non-hydrogen) atoms. The van der Waals surface area contributed by atoms with E-state index in [0.717, 1.165) is 12.1 Å². The van der Waals surface area contributed by atoms with Crippen LogP contribution in [0.2, 0.25) is 0 Å². The minimum Gasteiger partial charge on any atom is -0.365 e. The number of benzene rings is 2. The zero-order valence-electron chi connectivity index (χ0n) is 10.5. The monoisotopic (exact) mass is 308 g/mol. The number of nitrogens with zero attached hydrogens (tertiary/aromatic N) is 1. The van der Waals surface area contributed by atoms with Gasteiger partial charge in [-0.1, -0.05) is 18.2 Å². The molecule has 1 heterocycles. The second-order valence-corrected chi connectivity index (χ2v) is 5.61. The van der Waals surface area contributed by atoms with Gasteiger partial charge in [0.2, 0.25) is 0 Å². The number of rotatable bonds is 3. The highest BCUT2D eigenvalue weighted by Gasteiger charge is 2.20. The van der Waals surface area contributed by atoms with Gasteiger partial charge in [0.15, 0.2) is 0 Å².